The average Bonchev–Trinajstić information content (AvgIpc) is 2.54. The first kappa shape index (κ1) is 13.4. The molecule has 0 atom stereocenters. The molecule has 0 saturated carbocycles. The lowest BCUT2D eigenvalue weighted by molar-refractivity contribution is -0.126. The van der Waals surface area contributed by atoms with E-state index in [1.807, 2.05) is 13.8 Å². The van der Waals surface area contributed by atoms with E-state index in [4.69, 9.17) is 0 Å². The monoisotopic (exact) mass is 237 g/mol. The van der Waals surface area contributed by atoms with Gasteiger partial charge >= 0.3 is 0 Å². The van der Waals surface area contributed by atoms with Crippen molar-refractivity contribution in [2.45, 2.75) is 27.7 Å². The molecule has 0 radical (unpaired) electrons. The average molecular weight is 237 g/mol. The van der Waals surface area contributed by atoms with Gasteiger partial charge in [0, 0.05) is 25.8 Å². The quantitative estimate of drug-likeness (QED) is 0.582. The molecular formula is C12H19N3O2. The number of Topliss-reactive ketones (excluding diaryl/α,β-unsaturated/α-hetero) is 1. The van der Waals surface area contributed by atoms with Crippen molar-refractivity contribution in [3.63, 3.8) is 0 Å². The highest BCUT2D eigenvalue weighted by molar-refractivity contribution is 6.43. The number of nitrogens with zero attached hydrogens (tertiary/aromatic N) is 3. The van der Waals surface area contributed by atoms with Crippen molar-refractivity contribution < 1.29 is 9.59 Å². The normalized spacial score (nSPS) is 10.4. The molecule has 1 rings (SSSR count). The van der Waals surface area contributed by atoms with Gasteiger partial charge in [-0.2, -0.15) is 5.10 Å². The van der Waals surface area contributed by atoms with E-state index in [0.717, 1.165) is 5.69 Å². The first-order valence-corrected chi connectivity index (χ1v) is 5.77. The third-order valence-corrected chi connectivity index (χ3v) is 2.98. The smallest absolute Gasteiger partial charge is 0.295 e. The summed E-state index contributed by atoms with van der Waals surface area (Å²) in [6.07, 6.45) is 0. The molecule has 0 spiro atoms. The first-order valence-electron chi connectivity index (χ1n) is 5.77. The molecule has 0 aliphatic carbocycles. The van der Waals surface area contributed by atoms with Crippen molar-refractivity contribution in [2.24, 2.45) is 7.05 Å². The zero-order chi connectivity index (χ0) is 13.2. The molecule has 0 unspecified atom stereocenters. The molecule has 0 bridgehead atoms. The van der Waals surface area contributed by atoms with Crippen LogP contribution >= 0.6 is 0 Å². The Hall–Kier alpha value is -1.65. The highest BCUT2D eigenvalue weighted by Crippen LogP contribution is 2.13. The minimum absolute atomic E-state index is 0.435. The van der Waals surface area contributed by atoms with E-state index in [2.05, 4.69) is 5.10 Å². The summed E-state index contributed by atoms with van der Waals surface area (Å²) in [6.45, 7) is 8.34. The zero-order valence-corrected chi connectivity index (χ0v) is 11.1. The largest absolute Gasteiger partial charge is 0.336 e. The number of carbonyl (C=O) groups is 2. The second-order valence-electron chi connectivity index (χ2n) is 3.98. The maximum absolute atomic E-state index is 12.1. The summed E-state index contributed by atoms with van der Waals surface area (Å²) in [7, 11) is 1.76. The maximum Gasteiger partial charge on any atom is 0.295 e. The van der Waals surface area contributed by atoms with Crippen LogP contribution in [0.5, 0.6) is 0 Å². The summed E-state index contributed by atoms with van der Waals surface area (Å²) in [4.78, 5) is 25.6. The summed E-state index contributed by atoms with van der Waals surface area (Å²) in [5.41, 5.74) is 1.77. The second-order valence-corrected chi connectivity index (χ2v) is 3.98. The highest BCUT2D eigenvalue weighted by atomic mass is 16.2. The van der Waals surface area contributed by atoms with Crippen LogP contribution in [0.4, 0.5) is 0 Å². The molecule has 0 aromatic carbocycles. The minimum atomic E-state index is -0.461. The Bertz CT molecular complexity index is 445. The number of aromatic nitrogens is 2. The van der Waals surface area contributed by atoms with E-state index in [0.29, 0.717) is 24.3 Å². The number of rotatable bonds is 4. The molecule has 0 saturated heterocycles. The van der Waals surface area contributed by atoms with E-state index in [-0.39, 0.29) is 0 Å². The van der Waals surface area contributed by atoms with E-state index in [1.54, 1.807) is 25.6 Å². The van der Waals surface area contributed by atoms with E-state index < -0.39 is 11.7 Å². The third kappa shape index (κ3) is 2.38. The van der Waals surface area contributed by atoms with Crippen LogP contribution in [0.25, 0.3) is 0 Å². The number of amides is 1. The van der Waals surface area contributed by atoms with Crippen molar-refractivity contribution in [1.29, 1.82) is 0 Å². The van der Waals surface area contributed by atoms with Gasteiger partial charge < -0.3 is 4.90 Å². The third-order valence-electron chi connectivity index (χ3n) is 2.98. The Kier molecular flexibility index (Phi) is 4.04. The number of hydrogen-bond acceptors (Lipinski definition) is 3. The molecule has 1 aromatic rings. The first-order chi connectivity index (χ1) is 7.93. The maximum atomic E-state index is 12.1. The number of hydrogen-bond donors (Lipinski definition) is 0. The summed E-state index contributed by atoms with van der Waals surface area (Å²) in [6, 6.07) is 0. The fourth-order valence-corrected chi connectivity index (χ4v) is 1.86. The van der Waals surface area contributed by atoms with E-state index >= 15 is 0 Å². The topological polar surface area (TPSA) is 55.2 Å². The van der Waals surface area contributed by atoms with Crippen molar-refractivity contribution >= 4 is 11.7 Å². The second kappa shape index (κ2) is 5.12. The standard InChI is InChI=1S/C12H19N3O2/c1-6-15(7-2)12(17)11(16)10-8(3)13-14(5)9(10)4/h6-7H2,1-5H3. The van der Waals surface area contributed by atoms with E-state index in [1.165, 1.54) is 4.90 Å². The lowest BCUT2D eigenvalue weighted by Gasteiger charge is -2.17. The predicted octanol–water partition coefficient (Wildman–Crippen LogP) is 1.09. The van der Waals surface area contributed by atoms with Crippen molar-refractivity contribution in [1.82, 2.24) is 14.7 Å². The molecular weight excluding hydrogens is 218 g/mol. The molecule has 5 heteroatoms. The Labute approximate surface area is 101 Å². The van der Waals surface area contributed by atoms with Gasteiger partial charge in [-0.3, -0.25) is 14.3 Å². The van der Waals surface area contributed by atoms with Crippen LogP contribution in [0.3, 0.4) is 0 Å². The summed E-state index contributed by atoms with van der Waals surface area (Å²) < 4.78 is 1.62. The van der Waals surface area contributed by atoms with Gasteiger partial charge in [0.1, 0.15) is 0 Å². The van der Waals surface area contributed by atoms with Crippen LogP contribution in [0.1, 0.15) is 35.6 Å². The van der Waals surface area contributed by atoms with Crippen molar-refractivity contribution in [3.8, 4) is 0 Å². The molecule has 17 heavy (non-hydrogen) atoms. The Balaban J connectivity index is 3.08. The van der Waals surface area contributed by atoms with Crippen LogP contribution in [-0.4, -0.2) is 39.5 Å². The minimum Gasteiger partial charge on any atom is -0.336 e. The fraction of sp³-hybridized carbons (Fsp3) is 0.583. The van der Waals surface area contributed by atoms with Gasteiger partial charge in [-0.05, 0) is 27.7 Å². The van der Waals surface area contributed by atoms with Gasteiger partial charge in [0.15, 0.2) is 0 Å². The molecule has 0 aliphatic heterocycles. The van der Waals surface area contributed by atoms with Crippen molar-refractivity contribution in [2.75, 3.05) is 13.1 Å². The van der Waals surface area contributed by atoms with Crippen LogP contribution in [0, 0.1) is 13.8 Å². The highest BCUT2D eigenvalue weighted by Gasteiger charge is 2.26. The SMILES string of the molecule is CCN(CC)C(=O)C(=O)c1c(C)nn(C)c1C. The van der Waals surface area contributed by atoms with Crippen LogP contribution in [0.15, 0.2) is 0 Å². The van der Waals surface area contributed by atoms with Gasteiger partial charge in [0.25, 0.3) is 11.7 Å². The molecule has 0 N–H and O–H groups in total. The van der Waals surface area contributed by atoms with E-state index in [9.17, 15) is 9.59 Å². The molecule has 5 nitrogen and oxygen atoms in total. The molecule has 0 fully saturated rings. The van der Waals surface area contributed by atoms with Gasteiger partial charge in [-0.15, -0.1) is 0 Å². The lowest BCUT2D eigenvalue weighted by Crippen LogP contribution is -2.36. The molecule has 1 aromatic heterocycles. The Morgan fingerprint density at radius 2 is 1.76 bits per heavy atom. The van der Waals surface area contributed by atoms with Crippen LogP contribution in [-0.2, 0) is 11.8 Å². The Morgan fingerprint density at radius 3 is 2.12 bits per heavy atom. The Morgan fingerprint density at radius 1 is 1.24 bits per heavy atom. The molecule has 1 heterocycles. The summed E-state index contributed by atoms with van der Waals surface area (Å²) in [5.74, 6) is -0.911. The zero-order valence-electron chi connectivity index (χ0n) is 11.1. The molecule has 0 aliphatic rings. The van der Waals surface area contributed by atoms with Gasteiger partial charge in [-0.1, -0.05) is 0 Å². The fourth-order valence-electron chi connectivity index (χ4n) is 1.86. The summed E-state index contributed by atoms with van der Waals surface area (Å²) >= 11 is 0. The van der Waals surface area contributed by atoms with Crippen molar-refractivity contribution in [3.05, 3.63) is 17.0 Å². The van der Waals surface area contributed by atoms with Crippen LogP contribution < -0.4 is 0 Å². The predicted molar refractivity (Wildman–Crippen MR) is 64.9 cm³/mol. The lowest BCUT2D eigenvalue weighted by atomic mass is 10.1. The van der Waals surface area contributed by atoms with Gasteiger partial charge in [0.05, 0.1) is 11.3 Å². The molecule has 94 valence electrons. The number of ketones is 1. The van der Waals surface area contributed by atoms with Gasteiger partial charge in [-0.25, -0.2) is 0 Å². The number of aryl methyl sites for hydroxylation is 2. The van der Waals surface area contributed by atoms with Crippen LogP contribution in [0.2, 0.25) is 0 Å². The molecule has 1 amide bonds. The number of carbonyl (C=O) groups excluding carboxylic acids is 2. The van der Waals surface area contributed by atoms with Gasteiger partial charge in [0.2, 0.25) is 0 Å². The number of likely N-dealkylation sites (N-methyl/N-ethyl adjacent to an activating group) is 1. The summed E-state index contributed by atoms with van der Waals surface area (Å²) in [5, 5.41) is 4.15.